The van der Waals surface area contributed by atoms with Crippen LogP contribution in [0.1, 0.15) is 11.4 Å². The monoisotopic (exact) mass is 281 g/mol. The summed E-state index contributed by atoms with van der Waals surface area (Å²) in [6.07, 6.45) is 1.29. The van der Waals surface area contributed by atoms with Crippen molar-refractivity contribution in [1.29, 1.82) is 0 Å². The Labute approximate surface area is 111 Å². The van der Waals surface area contributed by atoms with Crippen molar-refractivity contribution in [2.45, 2.75) is 18.6 Å². The van der Waals surface area contributed by atoms with Gasteiger partial charge in [-0.05, 0) is 13.0 Å². The number of ether oxygens (including phenoxy) is 1. The van der Waals surface area contributed by atoms with Gasteiger partial charge in [-0.1, -0.05) is 18.2 Å². The van der Waals surface area contributed by atoms with Crippen molar-refractivity contribution < 1.29 is 13.2 Å². The highest BCUT2D eigenvalue weighted by Gasteiger charge is 2.17. The molecule has 0 atom stereocenters. The summed E-state index contributed by atoms with van der Waals surface area (Å²) >= 11 is 0. The minimum absolute atomic E-state index is 0.0391. The maximum absolute atomic E-state index is 12.1. The van der Waals surface area contributed by atoms with Crippen LogP contribution in [0.2, 0.25) is 0 Å². The number of nitrogens with zero attached hydrogens (tertiary/aromatic N) is 1. The number of imidazole rings is 1. The molecule has 0 saturated carbocycles. The third-order valence-electron chi connectivity index (χ3n) is 2.53. The van der Waals surface area contributed by atoms with Crippen LogP contribution < -0.4 is 4.72 Å². The highest BCUT2D eigenvalue weighted by Crippen LogP contribution is 2.19. The lowest BCUT2D eigenvalue weighted by atomic mass is 10.2. The van der Waals surface area contributed by atoms with E-state index >= 15 is 0 Å². The van der Waals surface area contributed by atoms with Crippen LogP contribution in [0.15, 0.2) is 35.5 Å². The highest BCUT2D eigenvalue weighted by atomic mass is 32.2. The Morgan fingerprint density at radius 1 is 1.37 bits per heavy atom. The number of H-pyrrole nitrogens is 1. The molecular formula is C12H15N3O3S. The predicted octanol–water partition coefficient (Wildman–Crippen LogP) is 1.67. The lowest BCUT2D eigenvalue weighted by Gasteiger charge is -2.10. The molecule has 0 fully saturated rings. The number of aromatic amines is 1. The van der Waals surface area contributed by atoms with E-state index in [1.165, 1.54) is 6.20 Å². The van der Waals surface area contributed by atoms with E-state index in [1.54, 1.807) is 32.2 Å². The third kappa shape index (κ3) is 3.12. The first kappa shape index (κ1) is 13.6. The summed E-state index contributed by atoms with van der Waals surface area (Å²) in [5, 5.41) is 0.0391. The van der Waals surface area contributed by atoms with E-state index in [2.05, 4.69) is 14.7 Å². The highest BCUT2D eigenvalue weighted by molar-refractivity contribution is 7.92. The molecule has 0 amide bonds. The van der Waals surface area contributed by atoms with Crippen molar-refractivity contribution in [1.82, 2.24) is 9.97 Å². The normalized spacial score (nSPS) is 11.5. The van der Waals surface area contributed by atoms with Gasteiger partial charge >= 0.3 is 0 Å². The lowest BCUT2D eigenvalue weighted by Crippen LogP contribution is -2.14. The molecule has 1 aromatic carbocycles. The minimum Gasteiger partial charge on any atom is -0.380 e. The van der Waals surface area contributed by atoms with Gasteiger partial charge in [-0.2, -0.15) is 8.42 Å². The van der Waals surface area contributed by atoms with Crippen LogP contribution in [0, 0.1) is 6.92 Å². The van der Waals surface area contributed by atoms with Crippen molar-refractivity contribution in [2.24, 2.45) is 0 Å². The van der Waals surface area contributed by atoms with Crippen LogP contribution in [-0.2, 0) is 21.4 Å². The summed E-state index contributed by atoms with van der Waals surface area (Å²) in [4.78, 5) is 6.58. The zero-order valence-electron chi connectivity index (χ0n) is 10.7. The van der Waals surface area contributed by atoms with Crippen LogP contribution in [0.3, 0.4) is 0 Å². The molecular weight excluding hydrogens is 266 g/mol. The average molecular weight is 281 g/mol. The Morgan fingerprint density at radius 3 is 2.74 bits per heavy atom. The fraction of sp³-hybridized carbons (Fsp3) is 0.250. The van der Waals surface area contributed by atoms with Gasteiger partial charge in [-0.25, -0.2) is 4.98 Å². The molecule has 0 bridgehead atoms. The van der Waals surface area contributed by atoms with Gasteiger partial charge in [0.05, 0.1) is 18.5 Å². The lowest BCUT2D eigenvalue weighted by molar-refractivity contribution is 0.185. The van der Waals surface area contributed by atoms with Gasteiger partial charge < -0.3 is 9.72 Å². The summed E-state index contributed by atoms with van der Waals surface area (Å²) in [7, 11) is -2.10. The number of aryl methyl sites for hydroxylation is 1. The maximum Gasteiger partial charge on any atom is 0.278 e. The first-order valence-corrected chi connectivity index (χ1v) is 7.12. The van der Waals surface area contributed by atoms with E-state index < -0.39 is 10.0 Å². The number of anilines is 1. The third-order valence-corrected chi connectivity index (χ3v) is 3.81. The Kier molecular flexibility index (Phi) is 3.87. The van der Waals surface area contributed by atoms with E-state index in [0.717, 1.165) is 5.56 Å². The Morgan fingerprint density at radius 2 is 2.11 bits per heavy atom. The molecule has 6 nitrogen and oxygen atoms in total. The van der Waals surface area contributed by atoms with E-state index in [1.807, 2.05) is 6.07 Å². The Bertz CT molecular complexity index is 664. The zero-order valence-corrected chi connectivity index (χ0v) is 11.5. The largest absolute Gasteiger partial charge is 0.380 e. The van der Waals surface area contributed by atoms with Crippen molar-refractivity contribution in [2.75, 3.05) is 11.8 Å². The number of para-hydroxylation sites is 1. The quantitative estimate of drug-likeness (QED) is 0.873. The van der Waals surface area contributed by atoms with Crippen LogP contribution in [0.25, 0.3) is 0 Å². The Balaban J connectivity index is 2.30. The predicted molar refractivity (Wildman–Crippen MR) is 71.3 cm³/mol. The smallest absolute Gasteiger partial charge is 0.278 e. The fourth-order valence-corrected chi connectivity index (χ4v) is 2.71. The second kappa shape index (κ2) is 5.41. The van der Waals surface area contributed by atoms with Gasteiger partial charge in [0.2, 0.25) is 0 Å². The molecule has 0 saturated heterocycles. The summed E-state index contributed by atoms with van der Waals surface area (Å²) < 4.78 is 31.9. The molecule has 0 radical (unpaired) electrons. The van der Waals surface area contributed by atoms with Gasteiger partial charge in [0, 0.05) is 12.7 Å². The standard InChI is InChI=1S/C12H15N3O3S/c1-9-13-7-12(14-9)19(16,17)15-11-6-4-3-5-10(11)8-18-2/h3-7,15H,8H2,1-2H3,(H,13,14). The molecule has 7 heteroatoms. The SMILES string of the molecule is COCc1ccccc1NS(=O)(=O)c1cnc(C)[nH]1. The van der Waals surface area contributed by atoms with E-state index in [9.17, 15) is 8.42 Å². The van der Waals surface area contributed by atoms with Gasteiger partial charge in [-0.15, -0.1) is 0 Å². The second-order valence-electron chi connectivity index (χ2n) is 4.03. The van der Waals surface area contributed by atoms with E-state index in [4.69, 9.17) is 4.74 Å². The molecule has 0 aliphatic carbocycles. The van der Waals surface area contributed by atoms with Gasteiger partial charge in [0.1, 0.15) is 5.82 Å². The average Bonchev–Trinajstić information content (AvgIpc) is 2.79. The molecule has 0 aliphatic rings. The van der Waals surface area contributed by atoms with E-state index in [0.29, 0.717) is 18.1 Å². The Hall–Kier alpha value is -1.86. The maximum atomic E-state index is 12.1. The molecule has 1 aromatic heterocycles. The summed E-state index contributed by atoms with van der Waals surface area (Å²) in [5.41, 5.74) is 1.27. The zero-order chi connectivity index (χ0) is 13.9. The number of aromatic nitrogens is 2. The summed E-state index contributed by atoms with van der Waals surface area (Å²) in [6, 6.07) is 7.08. The summed E-state index contributed by atoms with van der Waals surface area (Å²) in [6.45, 7) is 2.03. The van der Waals surface area contributed by atoms with Crippen molar-refractivity contribution in [3.8, 4) is 0 Å². The van der Waals surface area contributed by atoms with Gasteiger partial charge in [0.15, 0.2) is 5.03 Å². The topological polar surface area (TPSA) is 84.1 Å². The van der Waals surface area contributed by atoms with E-state index in [-0.39, 0.29) is 5.03 Å². The molecule has 2 aromatic rings. The van der Waals surface area contributed by atoms with Crippen LogP contribution >= 0.6 is 0 Å². The molecule has 19 heavy (non-hydrogen) atoms. The molecule has 102 valence electrons. The second-order valence-corrected chi connectivity index (χ2v) is 5.68. The molecule has 0 aliphatic heterocycles. The van der Waals surface area contributed by atoms with Crippen LogP contribution in [-0.4, -0.2) is 25.5 Å². The molecule has 1 heterocycles. The number of rotatable bonds is 5. The van der Waals surface area contributed by atoms with Gasteiger partial charge in [-0.3, -0.25) is 4.72 Å². The molecule has 0 unspecified atom stereocenters. The number of benzene rings is 1. The first-order chi connectivity index (χ1) is 9.03. The van der Waals surface area contributed by atoms with Crippen LogP contribution in [0.4, 0.5) is 5.69 Å². The number of methoxy groups -OCH3 is 1. The fourth-order valence-electron chi connectivity index (χ4n) is 1.64. The number of hydrogen-bond donors (Lipinski definition) is 2. The molecule has 0 spiro atoms. The van der Waals surface area contributed by atoms with Crippen molar-refractivity contribution in [3.63, 3.8) is 0 Å². The van der Waals surface area contributed by atoms with Crippen LogP contribution in [0.5, 0.6) is 0 Å². The first-order valence-electron chi connectivity index (χ1n) is 5.64. The number of sulfonamides is 1. The van der Waals surface area contributed by atoms with Gasteiger partial charge in [0.25, 0.3) is 10.0 Å². The van der Waals surface area contributed by atoms with Crippen molar-refractivity contribution in [3.05, 3.63) is 41.9 Å². The minimum atomic E-state index is -3.66. The van der Waals surface area contributed by atoms with Crippen molar-refractivity contribution >= 4 is 15.7 Å². The number of hydrogen-bond acceptors (Lipinski definition) is 4. The number of nitrogens with one attached hydrogen (secondary N) is 2. The molecule has 2 rings (SSSR count). The molecule has 2 N–H and O–H groups in total. The summed E-state index contributed by atoms with van der Waals surface area (Å²) in [5.74, 6) is 0.547.